The third-order valence-electron chi connectivity index (χ3n) is 3.35. The van der Waals surface area contributed by atoms with Crippen LogP contribution < -0.4 is 0 Å². The molecule has 0 saturated heterocycles. The number of benzene rings is 2. The highest BCUT2D eigenvalue weighted by atomic mass is 32.2. The molecule has 0 aromatic heterocycles. The minimum Gasteiger partial charge on any atom is -0.508 e. The fourth-order valence-corrected chi connectivity index (χ4v) is 3.61. The van der Waals surface area contributed by atoms with E-state index in [0.717, 1.165) is 0 Å². The maximum Gasteiger partial charge on any atom is 0.207 e. The Balaban J connectivity index is 2.67. The fraction of sp³-hybridized carbons (Fsp3) is 0.200. The van der Waals surface area contributed by atoms with Gasteiger partial charge < -0.3 is 10.2 Å². The van der Waals surface area contributed by atoms with Gasteiger partial charge in [-0.3, -0.25) is 0 Å². The van der Waals surface area contributed by atoms with Gasteiger partial charge in [-0.25, -0.2) is 8.42 Å². The second-order valence-corrected chi connectivity index (χ2v) is 6.72. The Bertz CT molecular complexity index is 777. The van der Waals surface area contributed by atoms with Crippen molar-refractivity contribution in [1.29, 1.82) is 0 Å². The molecule has 20 heavy (non-hydrogen) atoms. The molecule has 2 N–H and O–H groups in total. The van der Waals surface area contributed by atoms with Gasteiger partial charge >= 0.3 is 0 Å². The second kappa shape index (κ2) is 4.83. The summed E-state index contributed by atoms with van der Waals surface area (Å²) < 4.78 is 25.2. The van der Waals surface area contributed by atoms with Gasteiger partial charge in [-0.2, -0.15) is 0 Å². The van der Waals surface area contributed by atoms with Crippen molar-refractivity contribution in [2.24, 2.45) is 0 Å². The number of phenolic OH excluding ortho intramolecular Hbond substituents is 2. The Kier molecular flexibility index (Phi) is 3.48. The summed E-state index contributed by atoms with van der Waals surface area (Å²) in [6, 6.07) is 7.19. The van der Waals surface area contributed by atoms with E-state index in [1.165, 1.54) is 24.3 Å². The maximum absolute atomic E-state index is 12.6. The van der Waals surface area contributed by atoms with Crippen LogP contribution in [-0.2, 0) is 9.84 Å². The highest BCUT2D eigenvalue weighted by Gasteiger charge is 2.22. The molecule has 2 aromatic rings. The minimum atomic E-state index is -3.72. The van der Waals surface area contributed by atoms with Crippen molar-refractivity contribution in [3.05, 3.63) is 47.0 Å². The van der Waals surface area contributed by atoms with E-state index < -0.39 is 9.84 Å². The van der Waals surface area contributed by atoms with Gasteiger partial charge in [-0.1, -0.05) is 6.07 Å². The Hall–Kier alpha value is -2.01. The standard InChI is InChI=1S/C15H16O4S/c1-9-4-7-14(11(3)15(9)17)20(18,19)12-5-6-13(16)10(2)8-12/h4-8,16-17H,1-3H3. The molecule has 4 nitrogen and oxygen atoms in total. The molecular weight excluding hydrogens is 276 g/mol. The van der Waals surface area contributed by atoms with Crippen molar-refractivity contribution >= 4 is 9.84 Å². The predicted molar refractivity (Wildman–Crippen MR) is 75.9 cm³/mol. The van der Waals surface area contributed by atoms with Crippen LogP contribution in [0.2, 0.25) is 0 Å². The summed E-state index contributed by atoms with van der Waals surface area (Å²) in [5.74, 6) is 0.0361. The Morgan fingerprint density at radius 3 is 2.15 bits per heavy atom. The van der Waals surface area contributed by atoms with Gasteiger partial charge in [0.05, 0.1) is 9.79 Å². The molecule has 0 heterocycles. The van der Waals surface area contributed by atoms with Gasteiger partial charge in [0.1, 0.15) is 11.5 Å². The lowest BCUT2D eigenvalue weighted by molar-refractivity contribution is 0.464. The molecule has 0 fully saturated rings. The quantitative estimate of drug-likeness (QED) is 0.892. The van der Waals surface area contributed by atoms with E-state index in [2.05, 4.69) is 0 Å². The summed E-state index contributed by atoms with van der Waals surface area (Å²) in [5.41, 5.74) is 1.44. The Morgan fingerprint density at radius 1 is 0.900 bits per heavy atom. The molecule has 0 aliphatic rings. The van der Waals surface area contributed by atoms with Crippen LogP contribution in [0, 0.1) is 20.8 Å². The number of rotatable bonds is 2. The number of aromatic hydroxyl groups is 2. The van der Waals surface area contributed by atoms with E-state index in [1.807, 2.05) is 0 Å². The molecule has 0 radical (unpaired) electrons. The van der Waals surface area contributed by atoms with Crippen molar-refractivity contribution in [2.45, 2.75) is 30.6 Å². The summed E-state index contributed by atoms with van der Waals surface area (Å²) in [4.78, 5) is 0.171. The zero-order valence-corrected chi connectivity index (χ0v) is 12.3. The molecule has 0 aliphatic carbocycles. The molecule has 2 aromatic carbocycles. The van der Waals surface area contributed by atoms with Crippen LogP contribution in [0.15, 0.2) is 40.1 Å². The first kappa shape index (κ1) is 14.4. The monoisotopic (exact) mass is 292 g/mol. The summed E-state index contributed by atoms with van der Waals surface area (Å²) in [5, 5.41) is 19.4. The van der Waals surface area contributed by atoms with Gasteiger partial charge in [0.2, 0.25) is 9.84 Å². The summed E-state index contributed by atoms with van der Waals surface area (Å²) >= 11 is 0. The predicted octanol–water partition coefficient (Wildman–Crippen LogP) is 2.86. The normalized spacial score (nSPS) is 11.6. The van der Waals surface area contributed by atoms with E-state index in [-0.39, 0.29) is 21.3 Å². The van der Waals surface area contributed by atoms with Gasteiger partial charge in [0, 0.05) is 5.56 Å². The van der Waals surface area contributed by atoms with Crippen LogP contribution in [0.5, 0.6) is 11.5 Å². The molecule has 2 rings (SSSR count). The first-order chi connectivity index (χ1) is 9.25. The lowest BCUT2D eigenvalue weighted by atomic mass is 10.1. The van der Waals surface area contributed by atoms with Crippen LogP contribution in [0.4, 0.5) is 0 Å². The number of phenols is 2. The summed E-state index contributed by atoms with van der Waals surface area (Å²) in [6.45, 7) is 4.92. The van der Waals surface area contributed by atoms with Crippen molar-refractivity contribution in [3.63, 3.8) is 0 Å². The van der Waals surface area contributed by atoms with Gasteiger partial charge in [-0.15, -0.1) is 0 Å². The number of hydrogen-bond donors (Lipinski definition) is 2. The van der Waals surface area contributed by atoms with Crippen molar-refractivity contribution < 1.29 is 18.6 Å². The molecule has 106 valence electrons. The van der Waals surface area contributed by atoms with E-state index in [0.29, 0.717) is 16.7 Å². The van der Waals surface area contributed by atoms with Crippen molar-refractivity contribution in [1.82, 2.24) is 0 Å². The van der Waals surface area contributed by atoms with Crippen LogP contribution in [0.3, 0.4) is 0 Å². The maximum atomic E-state index is 12.6. The SMILES string of the molecule is Cc1cc(S(=O)(=O)c2ccc(C)c(O)c2C)ccc1O. The smallest absolute Gasteiger partial charge is 0.207 e. The van der Waals surface area contributed by atoms with Gasteiger partial charge in [-0.05, 0) is 56.2 Å². The number of sulfone groups is 1. The molecule has 0 aliphatic heterocycles. The molecule has 0 atom stereocenters. The average molecular weight is 292 g/mol. The van der Waals surface area contributed by atoms with Crippen LogP contribution >= 0.6 is 0 Å². The molecule has 0 spiro atoms. The average Bonchev–Trinajstić information content (AvgIpc) is 2.38. The highest BCUT2D eigenvalue weighted by molar-refractivity contribution is 7.91. The van der Waals surface area contributed by atoms with E-state index in [1.54, 1.807) is 26.8 Å². The van der Waals surface area contributed by atoms with Crippen LogP contribution in [0.1, 0.15) is 16.7 Å². The molecule has 5 heteroatoms. The zero-order valence-electron chi connectivity index (χ0n) is 11.5. The largest absolute Gasteiger partial charge is 0.508 e. The molecule has 0 bridgehead atoms. The van der Waals surface area contributed by atoms with Crippen molar-refractivity contribution in [2.75, 3.05) is 0 Å². The Morgan fingerprint density at radius 2 is 1.55 bits per heavy atom. The van der Waals surface area contributed by atoms with E-state index in [4.69, 9.17) is 0 Å². The van der Waals surface area contributed by atoms with E-state index >= 15 is 0 Å². The van der Waals surface area contributed by atoms with Crippen LogP contribution in [0.25, 0.3) is 0 Å². The van der Waals surface area contributed by atoms with Crippen molar-refractivity contribution in [3.8, 4) is 11.5 Å². The third-order valence-corrected chi connectivity index (χ3v) is 5.25. The molecule has 0 saturated carbocycles. The first-order valence-corrected chi connectivity index (χ1v) is 7.57. The molecule has 0 amide bonds. The van der Waals surface area contributed by atoms with Gasteiger partial charge in [0.15, 0.2) is 0 Å². The first-order valence-electron chi connectivity index (χ1n) is 6.09. The third kappa shape index (κ3) is 2.25. The topological polar surface area (TPSA) is 74.6 Å². The number of hydrogen-bond acceptors (Lipinski definition) is 4. The lowest BCUT2D eigenvalue weighted by Crippen LogP contribution is -2.05. The minimum absolute atomic E-state index is 0.0124. The van der Waals surface area contributed by atoms with Crippen LogP contribution in [-0.4, -0.2) is 18.6 Å². The Labute approximate surface area is 118 Å². The second-order valence-electron chi connectivity index (χ2n) is 4.81. The summed E-state index contributed by atoms with van der Waals surface area (Å²) in [6.07, 6.45) is 0. The summed E-state index contributed by atoms with van der Waals surface area (Å²) in [7, 11) is -3.72. The molecule has 0 unspecified atom stereocenters. The fourth-order valence-electron chi connectivity index (χ4n) is 2.03. The zero-order chi connectivity index (χ0) is 15.1. The lowest BCUT2D eigenvalue weighted by Gasteiger charge is -2.11. The van der Waals surface area contributed by atoms with Gasteiger partial charge in [0.25, 0.3) is 0 Å². The number of aryl methyl sites for hydroxylation is 2. The highest BCUT2D eigenvalue weighted by Crippen LogP contribution is 2.32. The molecular formula is C15H16O4S. The van der Waals surface area contributed by atoms with E-state index in [9.17, 15) is 18.6 Å².